The SMILES string of the molecule is CC(=O)OC[C@H]1O[C@H](O[C@H]2O[C@H](CSC(C)=O)[C@@H](OC(C)=O)[C@H](OC(C)=O)[C@H]2OC(C)=O)[C@H](OC(C)=O)[C@@H](OC(C)=O)[C@@H]1OC(C)=O. The molecule has 2 fully saturated rings. The molecule has 47 heavy (non-hydrogen) atoms. The van der Waals surface area contributed by atoms with Crippen LogP contribution >= 0.6 is 11.8 Å². The van der Waals surface area contributed by atoms with E-state index in [4.69, 9.17) is 47.4 Å². The fourth-order valence-corrected chi connectivity index (χ4v) is 5.40. The normalized spacial score (nSPS) is 30.1. The van der Waals surface area contributed by atoms with Crippen LogP contribution in [-0.4, -0.2) is 121 Å². The molecule has 2 aliphatic rings. The minimum Gasteiger partial charge on any atom is -0.463 e. The van der Waals surface area contributed by atoms with Crippen molar-refractivity contribution in [1.29, 1.82) is 0 Å². The Morgan fingerprint density at radius 3 is 1.17 bits per heavy atom. The first-order valence-electron chi connectivity index (χ1n) is 14.2. The van der Waals surface area contributed by atoms with E-state index < -0.39 is 110 Å². The molecule has 2 rings (SSSR count). The summed E-state index contributed by atoms with van der Waals surface area (Å²) in [5.74, 6) is -6.22. The van der Waals surface area contributed by atoms with Crippen LogP contribution in [0.2, 0.25) is 0 Å². The van der Waals surface area contributed by atoms with E-state index in [-0.39, 0.29) is 10.9 Å². The van der Waals surface area contributed by atoms with Crippen molar-refractivity contribution in [2.75, 3.05) is 12.4 Å². The number of hydrogen-bond donors (Lipinski definition) is 0. The first kappa shape index (κ1) is 39.4. The van der Waals surface area contributed by atoms with Gasteiger partial charge in [0, 0.05) is 61.1 Å². The first-order valence-corrected chi connectivity index (χ1v) is 15.1. The third-order valence-corrected chi connectivity index (χ3v) is 7.07. The molecule has 2 saturated heterocycles. The van der Waals surface area contributed by atoms with Crippen LogP contribution in [0.1, 0.15) is 55.4 Å². The molecule has 0 aliphatic carbocycles. The Balaban J connectivity index is 2.69. The highest BCUT2D eigenvalue weighted by atomic mass is 32.2. The van der Waals surface area contributed by atoms with Gasteiger partial charge in [-0.15, -0.1) is 0 Å². The van der Waals surface area contributed by atoms with Gasteiger partial charge in [0.05, 0.1) is 0 Å². The topological polar surface area (TPSA) is 229 Å². The highest BCUT2D eigenvalue weighted by Gasteiger charge is 2.57. The van der Waals surface area contributed by atoms with Crippen molar-refractivity contribution >= 4 is 58.7 Å². The number of carbonyl (C=O) groups excluding carboxylic acids is 8. The average Bonchev–Trinajstić information content (AvgIpc) is 2.91. The molecule has 0 saturated carbocycles. The van der Waals surface area contributed by atoms with Crippen molar-refractivity contribution in [2.24, 2.45) is 0 Å². The van der Waals surface area contributed by atoms with Crippen molar-refractivity contribution < 1.29 is 85.7 Å². The number of hydrogen-bond acceptors (Lipinski definition) is 19. The van der Waals surface area contributed by atoms with E-state index in [0.29, 0.717) is 0 Å². The lowest BCUT2D eigenvalue weighted by molar-refractivity contribution is -0.374. The summed E-state index contributed by atoms with van der Waals surface area (Å²) in [5, 5.41) is -0.349. The van der Waals surface area contributed by atoms with Crippen LogP contribution in [0.25, 0.3) is 0 Å². The number of esters is 7. The predicted molar refractivity (Wildman–Crippen MR) is 152 cm³/mol. The van der Waals surface area contributed by atoms with Gasteiger partial charge in [-0.3, -0.25) is 38.4 Å². The van der Waals surface area contributed by atoms with Crippen LogP contribution in [-0.2, 0) is 85.7 Å². The molecular weight excluding hydrogens is 656 g/mol. The maximum Gasteiger partial charge on any atom is 0.303 e. The van der Waals surface area contributed by atoms with Gasteiger partial charge >= 0.3 is 41.8 Å². The summed E-state index contributed by atoms with van der Waals surface area (Å²) in [6.07, 6.45) is -15.7. The molecule has 0 aromatic carbocycles. The zero-order valence-electron chi connectivity index (χ0n) is 26.9. The molecule has 0 unspecified atom stereocenters. The standard InChI is InChI=1S/C28H38O18S/c1-11(29)37-9-19-21(38-12(2)30)23(40-14(4)32)25(42-16(6)34)27(44-19)46-28-26(43-17(7)35)24(41-15(5)33)22(39-13(3)31)20(45-28)10-47-18(8)36/h19-28H,9-10H2,1-8H3/t19-,20-,21-,22-,23+,24+,25-,26-,27-,28-/m1/s1. The summed E-state index contributed by atoms with van der Waals surface area (Å²) in [4.78, 5) is 96.5. The zero-order chi connectivity index (χ0) is 35.6. The van der Waals surface area contributed by atoms with E-state index >= 15 is 0 Å². The lowest BCUT2D eigenvalue weighted by Crippen LogP contribution is -2.66. The van der Waals surface area contributed by atoms with Gasteiger partial charge in [-0.05, 0) is 0 Å². The maximum absolute atomic E-state index is 12.3. The molecule has 264 valence electrons. The molecule has 0 spiro atoms. The summed E-state index contributed by atoms with van der Waals surface area (Å²) >= 11 is 0.771. The molecule has 0 bridgehead atoms. The van der Waals surface area contributed by atoms with Gasteiger partial charge in [-0.2, -0.15) is 0 Å². The molecule has 2 heterocycles. The second-order valence-corrected chi connectivity index (χ2v) is 11.5. The Kier molecular flexibility index (Phi) is 15.0. The number of rotatable bonds is 12. The van der Waals surface area contributed by atoms with Crippen molar-refractivity contribution in [3.05, 3.63) is 0 Å². The molecule has 2 aliphatic heterocycles. The van der Waals surface area contributed by atoms with E-state index in [1.54, 1.807) is 0 Å². The largest absolute Gasteiger partial charge is 0.463 e. The average molecular weight is 695 g/mol. The van der Waals surface area contributed by atoms with Gasteiger partial charge < -0.3 is 47.4 Å². The van der Waals surface area contributed by atoms with Gasteiger partial charge in [0.15, 0.2) is 41.7 Å². The van der Waals surface area contributed by atoms with Gasteiger partial charge in [-0.25, -0.2) is 0 Å². The molecular formula is C28H38O18S. The third-order valence-electron chi connectivity index (χ3n) is 6.16. The minimum absolute atomic E-state index is 0.170. The monoisotopic (exact) mass is 694 g/mol. The fourth-order valence-electron chi connectivity index (χ4n) is 4.73. The zero-order valence-corrected chi connectivity index (χ0v) is 27.8. The molecule has 0 aromatic heterocycles. The second-order valence-electron chi connectivity index (χ2n) is 10.3. The highest BCUT2D eigenvalue weighted by molar-refractivity contribution is 8.13. The Morgan fingerprint density at radius 1 is 0.468 bits per heavy atom. The fraction of sp³-hybridized carbons (Fsp3) is 0.714. The van der Waals surface area contributed by atoms with Crippen molar-refractivity contribution in [3.63, 3.8) is 0 Å². The Hall–Kier alpha value is -3.81. The second kappa shape index (κ2) is 17.9. The molecule has 0 N–H and O–H groups in total. The van der Waals surface area contributed by atoms with Crippen molar-refractivity contribution in [2.45, 2.75) is 117 Å². The van der Waals surface area contributed by atoms with Gasteiger partial charge in [0.25, 0.3) is 0 Å². The Morgan fingerprint density at radius 2 is 0.809 bits per heavy atom. The van der Waals surface area contributed by atoms with Crippen molar-refractivity contribution in [3.8, 4) is 0 Å². The van der Waals surface area contributed by atoms with E-state index in [2.05, 4.69) is 0 Å². The Bertz CT molecular complexity index is 1110. The number of carbonyl (C=O) groups is 8. The van der Waals surface area contributed by atoms with Gasteiger partial charge in [0.1, 0.15) is 18.8 Å². The summed E-state index contributed by atoms with van der Waals surface area (Å²) < 4.78 is 55.5. The summed E-state index contributed by atoms with van der Waals surface area (Å²) in [6.45, 7) is 8.02. The first-order chi connectivity index (χ1) is 21.9. The smallest absolute Gasteiger partial charge is 0.303 e. The van der Waals surface area contributed by atoms with Crippen molar-refractivity contribution in [1.82, 2.24) is 0 Å². The predicted octanol–water partition coefficient (Wildman–Crippen LogP) is -0.114. The highest BCUT2D eigenvalue weighted by Crippen LogP contribution is 2.36. The van der Waals surface area contributed by atoms with Gasteiger partial charge in [0.2, 0.25) is 12.6 Å². The Labute approximate surface area is 273 Å². The van der Waals surface area contributed by atoms with E-state index in [9.17, 15) is 38.4 Å². The maximum atomic E-state index is 12.3. The van der Waals surface area contributed by atoms with Crippen LogP contribution in [0.3, 0.4) is 0 Å². The van der Waals surface area contributed by atoms with Crippen LogP contribution in [0.15, 0.2) is 0 Å². The quantitative estimate of drug-likeness (QED) is 0.192. The molecule has 18 nitrogen and oxygen atoms in total. The summed E-state index contributed by atoms with van der Waals surface area (Å²) in [5.41, 5.74) is 0. The van der Waals surface area contributed by atoms with E-state index in [1.165, 1.54) is 6.92 Å². The molecule has 0 aromatic rings. The van der Waals surface area contributed by atoms with Gasteiger partial charge in [-0.1, -0.05) is 11.8 Å². The molecule has 0 amide bonds. The molecule has 0 radical (unpaired) electrons. The number of ether oxygens (including phenoxy) is 10. The van der Waals surface area contributed by atoms with E-state index in [0.717, 1.165) is 60.2 Å². The van der Waals surface area contributed by atoms with Crippen LogP contribution in [0.5, 0.6) is 0 Å². The van der Waals surface area contributed by atoms with E-state index in [1.807, 2.05) is 0 Å². The molecule has 19 heteroatoms. The van der Waals surface area contributed by atoms with Crippen LogP contribution in [0.4, 0.5) is 0 Å². The number of thioether (sulfide) groups is 1. The minimum atomic E-state index is -1.80. The lowest BCUT2D eigenvalue weighted by Gasteiger charge is -2.48. The molecule has 10 atom stereocenters. The lowest BCUT2D eigenvalue weighted by atomic mass is 9.97. The summed E-state index contributed by atoms with van der Waals surface area (Å²) in [7, 11) is 0. The summed E-state index contributed by atoms with van der Waals surface area (Å²) in [6, 6.07) is 0. The van der Waals surface area contributed by atoms with Crippen LogP contribution < -0.4 is 0 Å². The third kappa shape index (κ3) is 12.4. The van der Waals surface area contributed by atoms with Crippen LogP contribution in [0, 0.1) is 0 Å².